The van der Waals surface area contributed by atoms with E-state index in [2.05, 4.69) is 32.0 Å². The molecule has 1 aromatic heterocycles. The van der Waals surface area contributed by atoms with E-state index in [-0.39, 0.29) is 0 Å². The molecule has 1 unspecified atom stereocenters. The molecule has 2 aliphatic heterocycles. The lowest BCUT2D eigenvalue weighted by molar-refractivity contribution is 0.0168. The Morgan fingerprint density at radius 1 is 1.42 bits per heavy atom. The Bertz CT molecular complexity index is 557. The minimum Gasteiger partial charge on any atom is -0.379 e. The summed E-state index contributed by atoms with van der Waals surface area (Å²) >= 11 is 1.89. The van der Waals surface area contributed by atoms with Crippen LogP contribution in [0.4, 0.5) is 0 Å². The Hall–Kier alpha value is -1.15. The molecule has 146 valence electrons. The summed E-state index contributed by atoms with van der Waals surface area (Å²) in [7, 11) is 1.82. The van der Waals surface area contributed by atoms with Crippen LogP contribution in [0.25, 0.3) is 0 Å². The van der Waals surface area contributed by atoms with Crippen LogP contribution in [0.15, 0.2) is 16.4 Å². The van der Waals surface area contributed by atoms with Crippen molar-refractivity contribution < 1.29 is 9.47 Å². The maximum atomic E-state index is 5.68. The number of nitrogens with zero attached hydrogens (tertiary/aromatic N) is 2. The first-order valence-electron chi connectivity index (χ1n) is 9.76. The number of hydrogen-bond acceptors (Lipinski definition) is 5. The number of guanidine groups is 1. The van der Waals surface area contributed by atoms with E-state index < -0.39 is 0 Å². The first kappa shape index (κ1) is 19.6. The molecule has 0 saturated carbocycles. The average molecular weight is 381 g/mol. The highest BCUT2D eigenvalue weighted by atomic mass is 32.1. The van der Waals surface area contributed by atoms with E-state index in [1.54, 1.807) is 4.88 Å². The predicted octanol–water partition coefficient (Wildman–Crippen LogP) is 1.86. The van der Waals surface area contributed by atoms with Crippen molar-refractivity contribution in [2.45, 2.75) is 38.3 Å². The topological polar surface area (TPSA) is 58.1 Å². The molecule has 6 nitrogen and oxygen atoms in total. The summed E-state index contributed by atoms with van der Waals surface area (Å²) in [5.41, 5.74) is 1.51. The van der Waals surface area contributed by atoms with Gasteiger partial charge in [-0.05, 0) is 42.7 Å². The number of rotatable bonds is 9. The lowest BCUT2D eigenvalue weighted by Crippen LogP contribution is -2.42. The van der Waals surface area contributed by atoms with Gasteiger partial charge in [-0.3, -0.25) is 9.89 Å². The van der Waals surface area contributed by atoms with Gasteiger partial charge in [-0.15, -0.1) is 11.3 Å². The van der Waals surface area contributed by atoms with Crippen molar-refractivity contribution in [1.82, 2.24) is 15.5 Å². The zero-order chi connectivity index (χ0) is 18.0. The molecular weight excluding hydrogens is 348 g/mol. The molecule has 3 rings (SSSR count). The van der Waals surface area contributed by atoms with E-state index in [0.717, 1.165) is 71.3 Å². The van der Waals surface area contributed by atoms with Crippen molar-refractivity contribution in [3.05, 3.63) is 21.9 Å². The summed E-state index contributed by atoms with van der Waals surface area (Å²) in [4.78, 5) is 8.37. The van der Waals surface area contributed by atoms with Crippen LogP contribution in [0.3, 0.4) is 0 Å². The number of hydrogen-bond donors (Lipinski definition) is 2. The highest BCUT2D eigenvalue weighted by Gasteiger charge is 2.17. The fourth-order valence-electron chi connectivity index (χ4n) is 3.42. The number of fused-ring (bicyclic) bond motifs is 1. The molecular formula is C19H32N4O2S. The van der Waals surface area contributed by atoms with Gasteiger partial charge in [0.05, 0.1) is 12.7 Å². The molecule has 1 saturated heterocycles. The minimum atomic E-state index is 0.317. The third-order valence-corrected chi connectivity index (χ3v) is 5.94. The van der Waals surface area contributed by atoms with Crippen molar-refractivity contribution in [2.75, 3.05) is 53.0 Å². The molecule has 0 spiro atoms. The monoisotopic (exact) mass is 380 g/mol. The maximum absolute atomic E-state index is 5.68. The van der Waals surface area contributed by atoms with Crippen LogP contribution in [0, 0.1) is 0 Å². The normalized spacial score (nSPS) is 21.0. The van der Waals surface area contributed by atoms with E-state index in [9.17, 15) is 0 Å². The van der Waals surface area contributed by atoms with Crippen LogP contribution in [0.5, 0.6) is 0 Å². The van der Waals surface area contributed by atoms with Gasteiger partial charge in [0.15, 0.2) is 5.96 Å². The third-order valence-electron chi connectivity index (χ3n) is 4.92. The van der Waals surface area contributed by atoms with Crippen LogP contribution < -0.4 is 10.6 Å². The Balaban J connectivity index is 1.21. The van der Waals surface area contributed by atoms with Crippen molar-refractivity contribution in [3.8, 4) is 0 Å². The molecule has 7 heteroatoms. The molecule has 1 atom stereocenters. The molecule has 1 aromatic rings. The van der Waals surface area contributed by atoms with Gasteiger partial charge in [-0.2, -0.15) is 0 Å². The van der Waals surface area contributed by atoms with Gasteiger partial charge >= 0.3 is 0 Å². The zero-order valence-electron chi connectivity index (χ0n) is 15.8. The first-order valence-corrected chi connectivity index (χ1v) is 10.6. The molecule has 0 amide bonds. The van der Waals surface area contributed by atoms with E-state index in [0.29, 0.717) is 6.10 Å². The van der Waals surface area contributed by atoms with Gasteiger partial charge in [-0.1, -0.05) is 0 Å². The zero-order valence-corrected chi connectivity index (χ0v) is 16.7. The Morgan fingerprint density at radius 2 is 2.35 bits per heavy atom. The Kier molecular flexibility index (Phi) is 8.20. The van der Waals surface area contributed by atoms with Gasteiger partial charge in [0, 0.05) is 57.9 Å². The molecule has 0 radical (unpaired) electrons. The van der Waals surface area contributed by atoms with E-state index >= 15 is 0 Å². The van der Waals surface area contributed by atoms with Gasteiger partial charge in [0.2, 0.25) is 0 Å². The van der Waals surface area contributed by atoms with Crippen molar-refractivity contribution >= 4 is 17.3 Å². The summed E-state index contributed by atoms with van der Waals surface area (Å²) in [6.45, 7) is 7.44. The van der Waals surface area contributed by atoms with Gasteiger partial charge in [0.1, 0.15) is 0 Å². The summed E-state index contributed by atoms with van der Waals surface area (Å²) in [6.07, 6.45) is 4.78. The molecule has 1 fully saturated rings. The molecule has 0 aromatic carbocycles. The standard InChI is InChI=1S/C19H32N4O2S/c1-20-19(21-7-3-11-24-15-17-4-2-12-25-17)22-8-10-23-9-5-18-16(14-23)6-13-26-18/h6,13,17H,2-5,7-12,14-15H2,1H3,(H2,20,21,22). The lowest BCUT2D eigenvalue weighted by atomic mass is 10.1. The van der Waals surface area contributed by atoms with Crippen molar-refractivity contribution in [1.29, 1.82) is 0 Å². The fraction of sp³-hybridized carbons (Fsp3) is 0.737. The minimum absolute atomic E-state index is 0.317. The Morgan fingerprint density at radius 3 is 3.19 bits per heavy atom. The summed E-state index contributed by atoms with van der Waals surface area (Å²) in [5, 5.41) is 8.98. The third kappa shape index (κ3) is 6.23. The number of nitrogens with one attached hydrogen (secondary N) is 2. The molecule has 26 heavy (non-hydrogen) atoms. The van der Waals surface area contributed by atoms with Crippen molar-refractivity contribution in [3.63, 3.8) is 0 Å². The van der Waals surface area contributed by atoms with E-state index in [1.165, 1.54) is 18.4 Å². The second kappa shape index (κ2) is 10.9. The van der Waals surface area contributed by atoms with Crippen LogP contribution in [0.2, 0.25) is 0 Å². The molecule has 0 aliphatic carbocycles. The highest BCUT2D eigenvalue weighted by Crippen LogP contribution is 2.23. The SMILES string of the molecule is CN=C(NCCCOCC1CCCO1)NCCN1CCc2sccc2C1. The van der Waals surface area contributed by atoms with E-state index in [4.69, 9.17) is 9.47 Å². The average Bonchev–Trinajstić information content (AvgIpc) is 3.34. The first-order chi connectivity index (χ1) is 12.8. The number of ether oxygens (including phenoxy) is 2. The summed E-state index contributed by atoms with van der Waals surface area (Å²) in [5.74, 6) is 0.873. The Labute approximate surface area is 161 Å². The van der Waals surface area contributed by atoms with Crippen LogP contribution in [0.1, 0.15) is 29.7 Å². The van der Waals surface area contributed by atoms with Crippen LogP contribution >= 0.6 is 11.3 Å². The molecule has 2 N–H and O–H groups in total. The van der Waals surface area contributed by atoms with Crippen molar-refractivity contribution in [2.24, 2.45) is 4.99 Å². The van der Waals surface area contributed by atoms with Gasteiger partial charge < -0.3 is 20.1 Å². The predicted molar refractivity (Wildman–Crippen MR) is 107 cm³/mol. The second-order valence-corrected chi connectivity index (χ2v) is 7.89. The van der Waals surface area contributed by atoms with Crippen LogP contribution in [-0.4, -0.2) is 70.0 Å². The second-order valence-electron chi connectivity index (χ2n) is 6.88. The molecule has 3 heterocycles. The molecule has 2 aliphatic rings. The highest BCUT2D eigenvalue weighted by molar-refractivity contribution is 7.10. The van der Waals surface area contributed by atoms with Gasteiger partial charge in [-0.25, -0.2) is 0 Å². The summed E-state index contributed by atoms with van der Waals surface area (Å²) < 4.78 is 11.2. The van der Waals surface area contributed by atoms with E-state index in [1.807, 2.05) is 18.4 Å². The van der Waals surface area contributed by atoms with Gasteiger partial charge in [0.25, 0.3) is 0 Å². The quantitative estimate of drug-likeness (QED) is 0.389. The van der Waals surface area contributed by atoms with Crippen LogP contribution in [-0.2, 0) is 22.4 Å². The largest absolute Gasteiger partial charge is 0.379 e. The maximum Gasteiger partial charge on any atom is 0.191 e. The lowest BCUT2D eigenvalue weighted by Gasteiger charge is -2.27. The summed E-state index contributed by atoms with van der Waals surface area (Å²) in [6, 6.07) is 2.26. The fourth-order valence-corrected chi connectivity index (χ4v) is 4.31. The smallest absolute Gasteiger partial charge is 0.191 e. The molecule has 0 bridgehead atoms. The number of thiophene rings is 1. The number of aliphatic imine (C=N–C) groups is 1.